The van der Waals surface area contributed by atoms with Crippen molar-refractivity contribution < 1.29 is 14.1 Å². The first-order valence-corrected chi connectivity index (χ1v) is 5.28. The molecule has 0 atom stereocenters. The van der Waals surface area contributed by atoms with Gasteiger partial charge in [0.2, 0.25) is 0 Å². The fourth-order valence-electron chi connectivity index (χ4n) is 1.42. The third kappa shape index (κ3) is 3.02. The molecule has 0 aliphatic rings. The number of nitrogens with one attached hydrogen (secondary N) is 2. The van der Waals surface area contributed by atoms with E-state index in [4.69, 9.17) is 0 Å². The Bertz CT molecular complexity index is 723. The molecule has 0 radical (unpaired) electrons. The van der Waals surface area contributed by atoms with Crippen LogP contribution in [-0.4, -0.2) is 21.0 Å². The molecule has 1 heterocycles. The van der Waals surface area contributed by atoms with Crippen molar-refractivity contribution in [2.75, 3.05) is 5.32 Å². The van der Waals surface area contributed by atoms with Gasteiger partial charge in [-0.05, 0) is 12.1 Å². The number of nitro groups is 1. The molecule has 1 aromatic heterocycles. The van der Waals surface area contributed by atoms with Gasteiger partial charge in [-0.3, -0.25) is 19.7 Å². The minimum Gasteiger partial charge on any atom is -0.320 e. The highest BCUT2D eigenvalue weighted by atomic mass is 19.1. The number of benzene rings is 1. The molecular formula is C11H7FN4O4. The van der Waals surface area contributed by atoms with E-state index in [-0.39, 0.29) is 11.4 Å². The van der Waals surface area contributed by atoms with E-state index in [9.17, 15) is 24.1 Å². The number of hydrogen-bond donors (Lipinski definition) is 2. The van der Waals surface area contributed by atoms with E-state index in [2.05, 4.69) is 15.5 Å². The topological polar surface area (TPSA) is 118 Å². The maximum absolute atomic E-state index is 13.2. The summed E-state index contributed by atoms with van der Waals surface area (Å²) in [4.78, 5) is 32.3. The molecule has 102 valence electrons. The normalized spacial score (nSPS) is 10.1. The molecule has 0 aliphatic heterocycles. The molecule has 0 aliphatic carbocycles. The van der Waals surface area contributed by atoms with Crippen LogP contribution in [0.15, 0.2) is 35.1 Å². The van der Waals surface area contributed by atoms with Gasteiger partial charge in [0.1, 0.15) is 11.5 Å². The summed E-state index contributed by atoms with van der Waals surface area (Å²) in [5, 5.41) is 18.4. The fraction of sp³-hybridized carbons (Fsp3) is 0. The minimum absolute atomic E-state index is 0.0882. The number of nitro benzene ring substituents is 1. The molecular weight excluding hydrogens is 271 g/mol. The summed E-state index contributed by atoms with van der Waals surface area (Å²) in [7, 11) is 0. The van der Waals surface area contributed by atoms with Crippen LogP contribution in [0.25, 0.3) is 0 Å². The number of carbonyl (C=O) groups excluding carboxylic acids is 1. The van der Waals surface area contributed by atoms with Gasteiger partial charge in [0.05, 0.1) is 16.7 Å². The Morgan fingerprint density at radius 2 is 2.10 bits per heavy atom. The van der Waals surface area contributed by atoms with E-state index in [0.717, 1.165) is 24.3 Å². The standard InChI is InChI=1S/C11H7FN4O4/c12-6-3-7(5-8(4-6)16(19)20)13-11(18)9-1-2-10(17)15-14-9/h1-5H,(H,13,18)(H,15,17). The lowest BCUT2D eigenvalue weighted by molar-refractivity contribution is -0.385. The van der Waals surface area contributed by atoms with Gasteiger partial charge in [0, 0.05) is 12.1 Å². The maximum Gasteiger partial charge on any atom is 0.276 e. The lowest BCUT2D eigenvalue weighted by atomic mass is 10.2. The summed E-state index contributed by atoms with van der Waals surface area (Å²) < 4.78 is 13.2. The highest BCUT2D eigenvalue weighted by molar-refractivity contribution is 6.02. The van der Waals surface area contributed by atoms with Crippen LogP contribution in [0.4, 0.5) is 15.8 Å². The number of anilines is 1. The van der Waals surface area contributed by atoms with Crippen molar-refractivity contribution in [2.24, 2.45) is 0 Å². The number of non-ortho nitro benzene ring substituents is 1. The van der Waals surface area contributed by atoms with E-state index in [1.54, 1.807) is 0 Å². The van der Waals surface area contributed by atoms with Gasteiger partial charge in [0.25, 0.3) is 17.2 Å². The molecule has 0 unspecified atom stereocenters. The molecule has 0 saturated heterocycles. The van der Waals surface area contributed by atoms with Crippen molar-refractivity contribution in [3.63, 3.8) is 0 Å². The van der Waals surface area contributed by atoms with E-state index in [0.29, 0.717) is 0 Å². The number of amides is 1. The number of aromatic nitrogens is 2. The van der Waals surface area contributed by atoms with Crippen LogP contribution >= 0.6 is 0 Å². The van der Waals surface area contributed by atoms with Crippen molar-refractivity contribution in [3.8, 4) is 0 Å². The Labute approximate surface area is 110 Å². The van der Waals surface area contributed by atoms with Gasteiger partial charge in [0.15, 0.2) is 0 Å². The van der Waals surface area contributed by atoms with E-state index >= 15 is 0 Å². The predicted octanol–water partition coefficient (Wildman–Crippen LogP) is 1.07. The zero-order valence-corrected chi connectivity index (χ0v) is 9.79. The quantitative estimate of drug-likeness (QED) is 0.643. The number of halogens is 1. The lowest BCUT2D eigenvalue weighted by Crippen LogP contribution is -2.17. The second kappa shape index (κ2) is 5.26. The summed E-state index contributed by atoms with van der Waals surface area (Å²) in [5.41, 5.74) is -1.18. The largest absolute Gasteiger partial charge is 0.320 e. The van der Waals surface area contributed by atoms with Crippen LogP contribution in [0, 0.1) is 15.9 Å². The number of aromatic amines is 1. The highest BCUT2D eigenvalue weighted by Gasteiger charge is 2.13. The fourth-order valence-corrected chi connectivity index (χ4v) is 1.42. The molecule has 20 heavy (non-hydrogen) atoms. The van der Waals surface area contributed by atoms with E-state index in [1.807, 2.05) is 0 Å². The Kier molecular flexibility index (Phi) is 3.51. The Morgan fingerprint density at radius 3 is 2.70 bits per heavy atom. The number of carbonyl (C=O) groups is 1. The average molecular weight is 278 g/mol. The van der Waals surface area contributed by atoms with Crippen LogP contribution in [0.1, 0.15) is 10.5 Å². The van der Waals surface area contributed by atoms with Crippen molar-refractivity contribution in [1.82, 2.24) is 10.2 Å². The molecule has 0 bridgehead atoms. The van der Waals surface area contributed by atoms with Crippen LogP contribution in [-0.2, 0) is 0 Å². The van der Waals surface area contributed by atoms with Gasteiger partial charge in [-0.2, -0.15) is 5.10 Å². The SMILES string of the molecule is O=C(Nc1cc(F)cc([N+](=O)[O-])c1)c1ccc(=O)[nH]n1. The first-order chi connectivity index (χ1) is 9.45. The molecule has 1 aromatic carbocycles. The summed E-state index contributed by atoms with van der Waals surface area (Å²) in [6.07, 6.45) is 0. The molecule has 0 spiro atoms. The number of hydrogen-bond acceptors (Lipinski definition) is 5. The summed E-state index contributed by atoms with van der Waals surface area (Å²) in [5.74, 6) is -1.59. The van der Waals surface area contributed by atoms with Gasteiger partial charge >= 0.3 is 0 Å². The first-order valence-electron chi connectivity index (χ1n) is 5.28. The zero-order valence-electron chi connectivity index (χ0n) is 9.79. The van der Waals surface area contributed by atoms with Crippen LogP contribution in [0.2, 0.25) is 0 Å². The molecule has 2 rings (SSSR count). The van der Waals surface area contributed by atoms with Gasteiger partial charge in [-0.15, -0.1) is 0 Å². The molecule has 9 heteroatoms. The lowest BCUT2D eigenvalue weighted by Gasteiger charge is -2.04. The Balaban J connectivity index is 2.25. The summed E-state index contributed by atoms with van der Waals surface area (Å²) in [6, 6.07) is 4.93. The van der Waals surface area contributed by atoms with Gasteiger partial charge in [-0.1, -0.05) is 0 Å². The van der Waals surface area contributed by atoms with Crippen LogP contribution in [0.5, 0.6) is 0 Å². The molecule has 8 nitrogen and oxygen atoms in total. The van der Waals surface area contributed by atoms with Crippen molar-refractivity contribution in [2.45, 2.75) is 0 Å². The van der Waals surface area contributed by atoms with Gasteiger partial charge in [-0.25, -0.2) is 9.49 Å². The van der Waals surface area contributed by atoms with Gasteiger partial charge < -0.3 is 5.32 Å². The smallest absolute Gasteiger partial charge is 0.276 e. The third-order valence-corrected chi connectivity index (χ3v) is 2.26. The molecule has 2 N–H and O–H groups in total. The second-order valence-electron chi connectivity index (χ2n) is 3.72. The minimum atomic E-state index is -0.857. The molecule has 0 fully saturated rings. The van der Waals surface area contributed by atoms with Crippen molar-refractivity contribution in [1.29, 1.82) is 0 Å². The Morgan fingerprint density at radius 1 is 1.35 bits per heavy atom. The van der Waals surface area contributed by atoms with Crippen molar-refractivity contribution >= 4 is 17.3 Å². The number of H-pyrrole nitrogens is 1. The van der Waals surface area contributed by atoms with Crippen LogP contribution < -0.4 is 10.9 Å². The predicted molar refractivity (Wildman–Crippen MR) is 65.9 cm³/mol. The number of nitrogens with zero attached hydrogens (tertiary/aromatic N) is 2. The molecule has 1 amide bonds. The van der Waals surface area contributed by atoms with Crippen LogP contribution in [0.3, 0.4) is 0 Å². The average Bonchev–Trinajstić information content (AvgIpc) is 2.38. The summed E-state index contributed by atoms with van der Waals surface area (Å²) >= 11 is 0. The maximum atomic E-state index is 13.2. The number of rotatable bonds is 3. The Hall–Kier alpha value is -3.10. The monoisotopic (exact) mass is 278 g/mol. The van der Waals surface area contributed by atoms with E-state index < -0.39 is 27.9 Å². The van der Waals surface area contributed by atoms with Crippen molar-refractivity contribution in [3.05, 3.63) is 62.3 Å². The highest BCUT2D eigenvalue weighted by Crippen LogP contribution is 2.20. The molecule has 0 saturated carbocycles. The molecule has 2 aromatic rings. The second-order valence-corrected chi connectivity index (χ2v) is 3.72. The zero-order chi connectivity index (χ0) is 14.7. The third-order valence-electron chi connectivity index (χ3n) is 2.26. The van der Waals surface area contributed by atoms with E-state index in [1.165, 1.54) is 6.07 Å². The first kappa shape index (κ1) is 13.3. The summed E-state index contributed by atoms with van der Waals surface area (Å²) in [6.45, 7) is 0.